The highest BCUT2D eigenvalue weighted by atomic mass is 16.7. The summed E-state index contributed by atoms with van der Waals surface area (Å²) in [7, 11) is 1.27. The largest absolute Gasteiger partial charge is 0.508 e. The van der Waals surface area contributed by atoms with Gasteiger partial charge >= 0.3 is 5.97 Å². The zero-order chi connectivity index (χ0) is 32.7. The first-order valence-corrected chi connectivity index (χ1v) is 13.0. The summed E-state index contributed by atoms with van der Waals surface area (Å²) in [5, 5.41) is 90.5. The summed E-state index contributed by atoms with van der Waals surface area (Å²) < 4.78 is 27.2. The van der Waals surface area contributed by atoms with Crippen molar-refractivity contribution in [3.8, 4) is 57.3 Å². The van der Waals surface area contributed by atoms with Crippen molar-refractivity contribution < 1.29 is 74.1 Å². The Morgan fingerprint density at radius 3 is 2.20 bits per heavy atom. The Bertz CT molecular complexity index is 1810. The van der Waals surface area contributed by atoms with Gasteiger partial charge in [-0.1, -0.05) is 0 Å². The predicted octanol–water partition coefficient (Wildman–Crippen LogP) is 0.746. The van der Waals surface area contributed by atoms with Gasteiger partial charge in [-0.2, -0.15) is 0 Å². The Labute approximate surface area is 251 Å². The third-order valence-electron chi connectivity index (χ3n) is 6.95. The average Bonchev–Trinajstić information content (AvgIpc) is 3.00. The maximum atomic E-state index is 13.7. The van der Waals surface area contributed by atoms with Gasteiger partial charge in [0.2, 0.25) is 17.5 Å². The molecule has 16 heteroatoms. The van der Waals surface area contributed by atoms with E-state index < -0.39 is 94.2 Å². The second-order valence-electron chi connectivity index (χ2n) is 9.91. The van der Waals surface area contributed by atoms with Crippen molar-refractivity contribution in [1.82, 2.24) is 0 Å². The van der Waals surface area contributed by atoms with Gasteiger partial charge < -0.3 is 69.3 Å². The molecule has 0 unspecified atom stereocenters. The smallest absolute Gasteiger partial charge is 0.338 e. The first-order valence-electron chi connectivity index (χ1n) is 13.0. The van der Waals surface area contributed by atoms with E-state index in [9.17, 15) is 55.5 Å². The van der Waals surface area contributed by atoms with Crippen molar-refractivity contribution in [2.75, 3.05) is 13.7 Å². The van der Waals surface area contributed by atoms with Crippen LogP contribution in [0.5, 0.6) is 46.0 Å². The van der Waals surface area contributed by atoms with Crippen molar-refractivity contribution in [1.29, 1.82) is 0 Å². The number of hydrogen-bond acceptors (Lipinski definition) is 16. The lowest BCUT2D eigenvalue weighted by molar-refractivity contribution is -0.277. The number of methoxy groups -OCH3 is 1. The predicted molar refractivity (Wildman–Crippen MR) is 148 cm³/mol. The maximum absolute atomic E-state index is 13.7. The summed E-state index contributed by atoms with van der Waals surface area (Å²) in [6, 6.07) is 7.32. The van der Waals surface area contributed by atoms with Crippen LogP contribution in [-0.4, -0.2) is 96.4 Å². The van der Waals surface area contributed by atoms with E-state index in [2.05, 4.69) is 0 Å². The number of aromatic hydroxyl groups is 6. The molecule has 3 aromatic carbocycles. The second-order valence-corrected chi connectivity index (χ2v) is 9.91. The summed E-state index contributed by atoms with van der Waals surface area (Å²) in [5.74, 6) is -6.10. The number of aliphatic hydroxyl groups excluding tert-OH is 3. The molecule has 0 radical (unpaired) electrons. The normalized spacial score (nSPS) is 21.4. The molecule has 4 aromatic rings. The van der Waals surface area contributed by atoms with E-state index in [1.165, 1.54) is 25.3 Å². The van der Waals surface area contributed by atoms with Crippen molar-refractivity contribution in [2.24, 2.45) is 0 Å². The van der Waals surface area contributed by atoms with Crippen LogP contribution < -0.4 is 14.9 Å². The van der Waals surface area contributed by atoms with Gasteiger partial charge in [-0.05, 0) is 30.3 Å². The van der Waals surface area contributed by atoms with Gasteiger partial charge in [-0.3, -0.25) is 4.79 Å². The van der Waals surface area contributed by atoms with Crippen LogP contribution >= 0.6 is 0 Å². The van der Waals surface area contributed by atoms with E-state index in [1.807, 2.05) is 0 Å². The van der Waals surface area contributed by atoms with Crippen molar-refractivity contribution in [3.05, 3.63) is 58.3 Å². The van der Waals surface area contributed by atoms with E-state index in [4.69, 9.17) is 23.4 Å². The molecule has 45 heavy (non-hydrogen) atoms. The molecule has 5 atom stereocenters. The van der Waals surface area contributed by atoms with Crippen molar-refractivity contribution in [3.63, 3.8) is 0 Å². The number of rotatable bonds is 7. The third kappa shape index (κ3) is 5.77. The summed E-state index contributed by atoms with van der Waals surface area (Å²) in [6.45, 7) is -0.777. The van der Waals surface area contributed by atoms with E-state index >= 15 is 0 Å². The number of benzene rings is 3. The number of carbonyl (C=O) groups is 1. The van der Waals surface area contributed by atoms with Crippen LogP contribution in [0, 0.1) is 0 Å². The Kier molecular flexibility index (Phi) is 8.22. The summed E-state index contributed by atoms with van der Waals surface area (Å²) >= 11 is 0. The van der Waals surface area contributed by atoms with Crippen LogP contribution in [0.1, 0.15) is 10.4 Å². The lowest BCUT2D eigenvalue weighted by Crippen LogP contribution is -2.60. The van der Waals surface area contributed by atoms with Gasteiger partial charge in [-0.25, -0.2) is 4.79 Å². The number of esters is 1. The second kappa shape index (κ2) is 11.9. The molecular formula is C29H26O16. The summed E-state index contributed by atoms with van der Waals surface area (Å²) in [6.07, 6.45) is -9.32. The summed E-state index contributed by atoms with van der Waals surface area (Å²) in [5.41, 5.74) is -1.60. The topological polar surface area (TPSA) is 266 Å². The van der Waals surface area contributed by atoms with Crippen LogP contribution in [0.4, 0.5) is 0 Å². The Morgan fingerprint density at radius 1 is 0.844 bits per heavy atom. The molecule has 0 bridgehead atoms. The number of hydrogen-bond donors (Lipinski definition) is 9. The highest BCUT2D eigenvalue weighted by Gasteiger charge is 2.46. The minimum absolute atomic E-state index is 0.0374. The first kappa shape index (κ1) is 31.0. The van der Waals surface area contributed by atoms with E-state index in [-0.39, 0.29) is 28.4 Å². The number of fused-ring (bicyclic) bond motifs is 1. The maximum Gasteiger partial charge on any atom is 0.338 e. The van der Waals surface area contributed by atoms with Crippen LogP contribution in [0.15, 0.2) is 51.7 Å². The van der Waals surface area contributed by atoms with Crippen molar-refractivity contribution >= 4 is 16.9 Å². The fourth-order valence-electron chi connectivity index (χ4n) is 4.62. The molecule has 0 aliphatic carbocycles. The highest BCUT2D eigenvalue weighted by molar-refractivity contribution is 5.91. The molecule has 1 aliphatic heterocycles. The van der Waals surface area contributed by atoms with Gasteiger partial charge in [0.1, 0.15) is 53.5 Å². The molecule has 2 heterocycles. The number of carbonyl (C=O) groups excluding carboxylic acids is 1. The first-order chi connectivity index (χ1) is 21.3. The number of ether oxygens (including phenoxy) is 4. The van der Waals surface area contributed by atoms with E-state index in [0.717, 1.165) is 24.3 Å². The van der Waals surface area contributed by atoms with Gasteiger partial charge in [0.05, 0.1) is 12.7 Å². The Balaban J connectivity index is 1.50. The molecule has 0 amide bonds. The Morgan fingerprint density at radius 2 is 1.53 bits per heavy atom. The van der Waals surface area contributed by atoms with Crippen LogP contribution in [0.2, 0.25) is 0 Å². The minimum Gasteiger partial charge on any atom is -0.508 e. The molecule has 0 spiro atoms. The van der Waals surface area contributed by atoms with Gasteiger partial charge in [0.25, 0.3) is 0 Å². The lowest BCUT2D eigenvalue weighted by atomic mass is 9.99. The zero-order valence-electron chi connectivity index (χ0n) is 23.0. The van der Waals surface area contributed by atoms with Crippen molar-refractivity contribution in [2.45, 2.75) is 30.7 Å². The fraction of sp³-hybridized carbons (Fsp3) is 0.241. The van der Waals surface area contributed by atoms with Crippen LogP contribution in [0.3, 0.4) is 0 Å². The molecule has 5 rings (SSSR count). The minimum atomic E-state index is -2.00. The van der Waals surface area contributed by atoms with Crippen LogP contribution in [0.25, 0.3) is 22.3 Å². The molecule has 9 N–H and O–H groups in total. The van der Waals surface area contributed by atoms with E-state index in [0.29, 0.717) is 0 Å². The molecule has 1 aromatic heterocycles. The molecule has 238 valence electrons. The molecule has 1 aliphatic rings. The standard InChI is InChI=1S/C29H26O16/c1-41-17-6-10(2-3-13(17)31)26-27(23(37)20-14(32)7-12(30)8-18(20)43-26)45-29-25(39)24(38)22(36)19(44-29)9-42-28(40)11-4-15(33)21(35)16(34)5-11/h2-8,19,22,24-25,29-36,38-39H,9H2,1H3/t19-,22-,24-,25+,29+/m1/s1. The SMILES string of the molecule is COc1cc(-c2oc3cc(O)cc(O)c3c(=O)c2O[C@@H]2O[C@H](COC(=O)c3cc(O)c(O)c(O)c3)[C@@H](O)[C@@H](O)[C@@H]2O)ccc1O. The van der Waals surface area contributed by atoms with Gasteiger partial charge in [-0.15, -0.1) is 0 Å². The van der Waals surface area contributed by atoms with E-state index in [1.54, 1.807) is 0 Å². The molecular weight excluding hydrogens is 604 g/mol. The molecule has 1 saturated heterocycles. The monoisotopic (exact) mass is 630 g/mol. The average molecular weight is 631 g/mol. The summed E-state index contributed by atoms with van der Waals surface area (Å²) in [4.78, 5) is 26.2. The number of aliphatic hydroxyl groups is 3. The zero-order valence-corrected chi connectivity index (χ0v) is 23.0. The van der Waals surface area contributed by atoms with Gasteiger partial charge in [0, 0.05) is 17.7 Å². The third-order valence-corrected chi connectivity index (χ3v) is 6.95. The van der Waals surface area contributed by atoms with Gasteiger partial charge in [0.15, 0.2) is 34.5 Å². The Hall–Kier alpha value is -5.42. The quantitative estimate of drug-likeness (QED) is 0.101. The molecule has 1 fully saturated rings. The van der Waals surface area contributed by atoms with Crippen LogP contribution in [-0.2, 0) is 9.47 Å². The highest BCUT2D eigenvalue weighted by Crippen LogP contribution is 2.40. The lowest BCUT2D eigenvalue weighted by Gasteiger charge is -2.39. The molecule has 0 saturated carbocycles. The molecule has 16 nitrogen and oxygen atoms in total. The number of phenolic OH excluding ortho intramolecular Hbond substituents is 6. The number of phenols is 6. The fourth-order valence-corrected chi connectivity index (χ4v) is 4.62.